The maximum absolute atomic E-state index is 12.3. The van der Waals surface area contributed by atoms with Gasteiger partial charge >= 0.3 is 0 Å². The summed E-state index contributed by atoms with van der Waals surface area (Å²) in [7, 11) is 1.75. The molecule has 2 aromatic rings. The van der Waals surface area contributed by atoms with Crippen molar-refractivity contribution in [3.05, 3.63) is 68.8 Å². The van der Waals surface area contributed by atoms with Gasteiger partial charge in [-0.25, -0.2) is 0 Å². The van der Waals surface area contributed by atoms with Gasteiger partial charge in [-0.3, -0.25) is 24.6 Å². The first-order chi connectivity index (χ1) is 14.1. The monoisotopic (exact) mass is 412 g/mol. The number of nitrogens with one attached hydrogen (secondary N) is 2. The molecule has 0 radical (unpaired) electrons. The van der Waals surface area contributed by atoms with Gasteiger partial charge < -0.3 is 10.6 Å². The number of nitro benzene ring substituents is 1. The summed E-state index contributed by atoms with van der Waals surface area (Å²) in [6.07, 6.45) is 0. The Kier molecular flexibility index (Phi) is 7.66. The van der Waals surface area contributed by atoms with Crippen molar-refractivity contribution in [1.29, 1.82) is 0 Å². The van der Waals surface area contributed by atoms with Crippen molar-refractivity contribution < 1.29 is 14.5 Å². The van der Waals surface area contributed by atoms with Crippen LogP contribution < -0.4 is 10.6 Å². The third kappa shape index (κ3) is 6.12. The summed E-state index contributed by atoms with van der Waals surface area (Å²) in [4.78, 5) is 36.8. The molecule has 0 aliphatic heterocycles. The number of nitro groups is 1. The summed E-state index contributed by atoms with van der Waals surface area (Å²) in [6.45, 7) is 7.64. The van der Waals surface area contributed by atoms with E-state index in [1.54, 1.807) is 24.1 Å². The quantitative estimate of drug-likeness (QED) is 0.511. The maximum atomic E-state index is 12.3. The Morgan fingerprint density at radius 3 is 2.33 bits per heavy atom. The van der Waals surface area contributed by atoms with Crippen molar-refractivity contribution in [2.75, 3.05) is 25.5 Å². The van der Waals surface area contributed by atoms with Crippen molar-refractivity contribution in [2.24, 2.45) is 0 Å². The number of likely N-dealkylation sites (N-methyl/N-ethyl adjacent to an activating group) is 1. The van der Waals surface area contributed by atoms with E-state index < -0.39 is 4.92 Å². The lowest BCUT2D eigenvalue weighted by molar-refractivity contribution is -0.384. The molecular weight excluding hydrogens is 384 g/mol. The summed E-state index contributed by atoms with van der Waals surface area (Å²) in [5, 5.41) is 16.4. The van der Waals surface area contributed by atoms with Crippen molar-refractivity contribution in [2.45, 2.75) is 33.7 Å². The van der Waals surface area contributed by atoms with E-state index in [0.717, 1.165) is 27.9 Å². The van der Waals surface area contributed by atoms with E-state index in [2.05, 4.69) is 10.6 Å². The fraction of sp³-hybridized carbons (Fsp3) is 0.364. The van der Waals surface area contributed by atoms with E-state index in [0.29, 0.717) is 0 Å². The van der Waals surface area contributed by atoms with Crippen LogP contribution in [0.4, 0.5) is 11.4 Å². The fourth-order valence-electron chi connectivity index (χ4n) is 3.31. The smallest absolute Gasteiger partial charge is 0.269 e. The van der Waals surface area contributed by atoms with E-state index in [4.69, 9.17) is 0 Å². The van der Waals surface area contributed by atoms with Gasteiger partial charge in [0.1, 0.15) is 0 Å². The average Bonchev–Trinajstić information content (AvgIpc) is 2.68. The molecule has 2 aromatic carbocycles. The molecule has 0 heterocycles. The summed E-state index contributed by atoms with van der Waals surface area (Å²) < 4.78 is 0. The summed E-state index contributed by atoms with van der Waals surface area (Å²) in [6, 6.07) is 10.1. The highest BCUT2D eigenvalue weighted by Gasteiger charge is 2.18. The number of hydrogen-bond donors (Lipinski definition) is 2. The Morgan fingerprint density at radius 1 is 1.10 bits per heavy atom. The van der Waals surface area contributed by atoms with Crippen LogP contribution in [0.1, 0.15) is 35.2 Å². The highest BCUT2D eigenvalue weighted by atomic mass is 16.6. The van der Waals surface area contributed by atoms with Gasteiger partial charge in [0.05, 0.1) is 18.0 Å². The van der Waals surface area contributed by atoms with E-state index in [9.17, 15) is 19.7 Å². The first kappa shape index (κ1) is 23.0. The topological polar surface area (TPSA) is 105 Å². The number of carbonyl (C=O) groups is 2. The second-order valence-electron chi connectivity index (χ2n) is 7.54. The lowest BCUT2D eigenvalue weighted by Gasteiger charge is -2.24. The number of rotatable bonds is 8. The molecule has 1 unspecified atom stereocenters. The average molecular weight is 412 g/mol. The zero-order chi connectivity index (χ0) is 22.4. The van der Waals surface area contributed by atoms with Crippen LogP contribution in [0.15, 0.2) is 36.4 Å². The number of non-ortho nitro benzene ring substituents is 1. The largest absolute Gasteiger partial charge is 0.346 e. The molecule has 0 saturated heterocycles. The van der Waals surface area contributed by atoms with Gasteiger partial charge in [-0.1, -0.05) is 29.8 Å². The molecule has 0 fully saturated rings. The molecule has 0 aliphatic carbocycles. The van der Waals surface area contributed by atoms with Crippen LogP contribution >= 0.6 is 0 Å². The first-order valence-electron chi connectivity index (χ1n) is 9.67. The fourth-order valence-corrected chi connectivity index (χ4v) is 3.31. The van der Waals surface area contributed by atoms with Gasteiger partial charge in [0, 0.05) is 23.9 Å². The molecular formula is C22H28N4O4. The first-order valence-corrected chi connectivity index (χ1v) is 9.67. The van der Waals surface area contributed by atoms with E-state index in [-0.39, 0.29) is 36.6 Å². The number of amides is 2. The second-order valence-corrected chi connectivity index (χ2v) is 7.54. The predicted molar refractivity (Wildman–Crippen MR) is 116 cm³/mol. The van der Waals surface area contributed by atoms with Crippen LogP contribution in [0.5, 0.6) is 0 Å². The summed E-state index contributed by atoms with van der Waals surface area (Å²) in [5.41, 5.74) is 4.57. The summed E-state index contributed by atoms with van der Waals surface area (Å²) in [5.74, 6) is -0.602. The zero-order valence-corrected chi connectivity index (χ0v) is 18.0. The molecule has 1 atom stereocenters. The van der Waals surface area contributed by atoms with Crippen molar-refractivity contribution >= 4 is 23.2 Å². The number of aryl methyl sites for hydroxylation is 3. The normalized spacial score (nSPS) is 11.8. The van der Waals surface area contributed by atoms with Crippen LogP contribution in [-0.4, -0.2) is 41.8 Å². The standard InChI is InChI=1S/C22H28N4O4/c1-14-9-15(2)22(16(3)10-14)24-20(27)12-23-21(28)13-25(5)17(4)18-7-6-8-19(11-18)26(29)30/h6-11,17H,12-13H2,1-5H3,(H,23,28)(H,24,27). The molecule has 8 nitrogen and oxygen atoms in total. The number of carbonyl (C=O) groups excluding carboxylic acids is 2. The molecule has 0 spiro atoms. The minimum Gasteiger partial charge on any atom is -0.346 e. The van der Waals surface area contributed by atoms with Crippen molar-refractivity contribution in [3.63, 3.8) is 0 Å². The number of hydrogen-bond acceptors (Lipinski definition) is 5. The minimum atomic E-state index is -0.445. The molecule has 0 bridgehead atoms. The SMILES string of the molecule is Cc1cc(C)c(NC(=O)CNC(=O)CN(C)C(C)c2cccc([N+](=O)[O-])c2)c(C)c1. The number of nitrogens with zero attached hydrogens (tertiary/aromatic N) is 2. The predicted octanol–water partition coefficient (Wildman–Crippen LogP) is 3.27. The Balaban J connectivity index is 1.89. The molecule has 2 N–H and O–H groups in total. The Bertz CT molecular complexity index is 935. The number of anilines is 1. The molecule has 30 heavy (non-hydrogen) atoms. The number of benzene rings is 2. The molecule has 8 heteroatoms. The lowest BCUT2D eigenvalue weighted by atomic mass is 10.1. The van der Waals surface area contributed by atoms with Gasteiger partial charge in [-0.05, 0) is 51.4 Å². The maximum Gasteiger partial charge on any atom is 0.269 e. The summed E-state index contributed by atoms with van der Waals surface area (Å²) >= 11 is 0. The van der Waals surface area contributed by atoms with Gasteiger partial charge in [0.2, 0.25) is 11.8 Å². The lowest BCUT2D eigenvalue weighted by Crippen LogP contribution is -2.40. The third-order valence-corrected chi connectivity index (χ3v) is 5.01. The third-order valence-electron chi connectivity index (χ3n) is 5.01. The van der Waals surface area contributed by atoms with Crippen LogP contribution in [0, 0.1) is 30.9 Å². The van der Waals surface area contributed by atoms with Crippen molar-refractivity contribution in [1.82, 2.24) is 10.2 Å². The molecule has 0 aromatic heterocycles. The van der Waals surface area contributed by atoms with E-state index in [1.165, 1.54) is 12.1 Å². The Labute approximate surface area is 176 Å². The molecule has 2 amide bonds. The van der Waals surface area contributed by atoms with Gasteiger partial charge in [-0.15, -0.1) is 0 Å². The van der Waals surface area contributed by atoms with E-state index >= 15 is 0 Å². The minimum absolute atomic E-state index is 0.00978. The van der Waals surface area contributed by atoms with Crippen LogP contribution in [0.2, 0.25) is 0 Å². The Hall–Kier alpha value is -3.26. The van der Waals surface area contributed by atoms with E-state index in [1.807, 2.05) is 39.8 Å². The molecule has 0 aliphatic rings. The molecule has 160 valence electrons. The van der Waals surface area contributed by atoms with Gasteiger partial charge in [0.25, 0.3) is 5.69 Å². The molecule has 2 rings (SSSR count). The second kappa shape index (κ2) is 9.98. The zero-order valence-electron chi connectivity index (χ0n) is 18.0. The van der Waals surface area contributed by atoms with Crippen LogP contribution in [-0.2, 0) is 9.59 Å². The van der Waals surface area contributed by atoms with Gasteiger partial charge in [0.15, 0.2) is 0 Å². The van der Waals surface area contributed by atoms with Crippen LogP contribution in [0.25, 0.3) is 0 Å². The van der Waals surface area contributed by atoms with Crippen molar-refractivity contribution in [3.8, 4) is 0 Å². The van der Waals surface area contributed by atoms with Crippen LogP contribution in [0.3, 0.4) is 0 Å². The highest BCUT2D eigenvalue weighted by molar-refractivity contribution is 5.96. The highest BCUT2D eigenvalue weighted by Crippen LogP contribution is 2.23. The molecule has 0 saturated carbocycles. The Morgan fingerprint density at radius 2 is 1.73 bits per heavy atom. The van der Waals surface area contributed by atoms with Gasteiger partial charge in [-0.2, -0.15) is 0 Å².